The van der Waals surface area contributed by atoms with Crippen molar-refractivity contribution >= 4 is 23.4 Å². The van der Waals surface area contributed by atoms with Crippen molar-refractivity contribution in [3.8, 4) is 5.75 Å². The van der Waals surface area contributed by atoms with E-state index in [4.69, 9.17) is 16.3 Å². The van der Waals surface area contributed by atoms with Gasteiger partial charge < -0.3 is 9.30 Å². The zero-order valence-electron chi connectivity index (χ0n) is 13.5. The molecular weight excluding hydrogens is 330 g/mol. The molecule has 0 spiro atoms. The van der Waals surface area contributed by atoms with Gasteiger partial charge in [-0.1, -0.05) is 55.4 Å². The fourth-order valence-electron chi connectivity index (χ4n) is 2.36. The average molecular weight is 352 g/mol. The molecule has 0 N–H and O–H groups in total. The molecule has 4 nitrogen and oxygen atoms in total. The zero-order valence-corrected chi connectivity index (χ0v) is 15.1. The number of hydrogen-bond donors (Lipinski definition) is 0. The minimum atomic E-state index is 0.349. The number of hydrogen-bond acceptors (Lipinski definition) is 4. The Kier molecular flexibility index (Phi) is 6.99. The van der Waals surface area contributed by atoms with Crippen LogP contribution in [0.3, 0.4) is 0 Å². The first-order valence-corrected chi connectivity index (χ1v) is 9.12. The summed E-state index contributed by atoms with van der Waals surface area (Å²) in [7, 11) is 0. The molecule has 1 aromatic carbocycles. The Hall–Kier alpha value is -1.46. The summed E-state index contributed by atoms with van der Waals surface area (Å²) in [6.07, 6.45) is 3.92. The van der Waals surface area contributed by atoms with Gasteiger partial charge >= 0.3 is 0 Å². The van der Waals surface area contributed by atoms with Crippen molar-refractivity contribution in [2.45, 2.75) is 44.5 Å². The van der Waals surface area contributed by atoms with E-state index in [-0.39, 0.29) is 0 Å². The molecule has 0 saturated carbocycles. The van der Waals surface area contributed by atoms with Crippen LogP contribution >= 0.6 is 23.4 Å². The topological polar surface area (TPSA) is 39.9 Å². The summed E-state index contributed by atoms with van der Waals surface area (Å²) in [6, 6.07) is 7.81. The van der Waals surface area contributed by atoms with Gasteiger partial charge in [0.2, 0.25) is 0 Å². The summed E-state index contributed by atoms with van der Waals surface area (Å²) < 4.78 is 8.02. The van der Waals surface area contributed by atoms with Crippen LogP contribution < -0.4 is 4.74 Å². The normalized spacial score (nSPS) is 11.0. The van der Waals surface area contributed by atoms with Gasteiger partial charge in [-0.05, 0) is 25.0 Å². The van der Waals surface area contributed by atoms with Crippen LogP contribution in [0, 0.1) is 0 Å². The van der Waals surface area contributed by atoms with Crippen LogP contribution in [0.15, 0.2) is 42.1 Å². The van der Waals surface area contributed by atoms with Crippen molar-refractivity contribution in [2.75, 3.05) is 5.75 Å². The van der Waals surface area contributed by atoms with E-state index in [2.05, 4.69) is 35.2 Å². The summed E-state index contributed by atoms with van der Waals surface area (Å²) >= 11 is 7.78. The Morgan fingerprint density at radius 3 is 2.70 bits per heavy atom. The van der Waals surface area contributed by atoms with Gasteiger partial charge in [0.05, 0.1) is 5.02 Å². The molecule has 0 unspecified atom stereocenters. The molecule has 124 valence electrons. The van der Waals surface area contributed by atoms with E-state index in [1.165, 1.54) is 0 Å². The Bertz CT molecular complexity index is 641. The minimum Gasteiger partial charge on any atom is -0.484 e. The van der Waals surface area contributed by atoms with E-state index < -0.39 is 0 Å². The molecule has 2 rings (SSSR count). The number of aromatic nitrogens is 3. The quantitative estimate of drug-likeness (QED) is 0.462. The van der Waals surface area contributed by atoms with E-state index in [1.54, 1.807) is 11.8 Å². The fourth-order valence-corrected chi connectivity index (χ4v) is 3.31. The summed E-state index contributed by atoms with van der Waals surface area (Å²) in [5.41, 5.74) is 0. The molecule has 0 aliphatic carbocycles. The van der Waals surface area contributed by atoms with Crippen LogP contribution in [0.25, 0.3) is 0 Å². The van der Waals surface area contributed by atoms with Gasteiger partial charge in [-0.3, -0.25) is 0 Å². The van der Waals surface area contributed by atoms with Crippen LogP contribution in [-0.2, 0) is 6.61 Å². The third kappa shape index (κ3) is 4.52. The highest BCUT2D eigenvalue weighted by Gasteiger charge is 2.19. The molecule has 0 aliphatic heterocycles. The van der Waals surface area contributed by atoms with Crippen LogP contribution in [0.2, 0.25) is 5.02 Å². The summed E-state index contributed by atoms with van der Waals surface area (Å²) in [5.74, 6) is 2.29. The molecule has 0 aliphatic rings. The van der Waals surface area contributed by atoms with Gasteiger partial charge in [0.1, 0.15) is 12.4 Å². The number of rotatable bonds is 9. The van der Waals surface area contributed by atoms with E-state index in [0.717, 1.165) is 29.6 Å². The molecular formula is C17H22ClN3OS. The Balaban J connectivity index is 2.21. The average Bonchev–Trinajstić information content (AvgIpc) is 2.96. The van der Waals surface area contributed by atoms with Crippen molar-refractivity contribution in [2.24, 2.45) is 0 Å². The number of nitrogens with zero attached hydrogens (tertiary/aromatic N) is 3. The summed E-state index contributed by atoms with van der Waals surface area (Å²) in [4.78, 5) is 0. The smallest absolute Gasteiger partial charge is 0.191 e. The Labute approximate surface area is 146 Å². The van der Waals surface area contributed by atoms with Crippen LogP contribution in [0.1, 0.15) is 38.6 Å². The predicted molar refractivity (Wildman–Crippen MR) is 96.3 cm³/mol. The second kappa shape index (κ2) is 8.99. The molecule has 2 aromatic rings. The van der Waals surface area contributed by atoms with Gasteiger partial charge in [-0.15, -0.1) is 16.8 Å². The maximum absolute atomic E-state index is 6.14. The number of para-hydroxylation sites is 1. The van der Waals surface area contributed by atoms with Gasteiger partial charge in [-0.2, -0.15) is 0 Å². The van der Waals surface area contributed by atoms with E-state index >= 15 is 0 Å². The predicted octanol–water partition coefficient (Wildman–Crippen LogP) is 5.15. The molecule has 6 heteroatoms. The van der Waals surface area contributed by atoms with Crippen molar-refractivity contribution in [1.29, 1.82) is 0 Å². The van der Waals surface area contributed by atoms with Crippen LogP contribution in [0.4, 0.5) is 0 Å². The van der Waals surface area contributed by atoms with Crippen molar-refractivity contribution < 1.29 is 4.74 Å². The largest absolute Gasteiger partial charge is 0.484 e. The number of ether oxygens (including phenoxy) is 1. The van der Waals surface area contributed by atoms with Crippen molar-refractivity contribution in [3.63, 3.8) is 0 Å². The first kappa shape index (κ1) is 17.9. The van der Waals surface area contributed by atoms with E-state index in [9.17, 15) is 0 Å². The highest BCUT2D eigenvalue weighted by atomic mass is 35.5. The Morgan fingerprint density at radius 2 is 2.04 bits per heavy atom. The van der Waals surface area contributed by atoms with Crippen molar-refractivity contribution in [3.05, 3.63) is 47.8 Å². The monoisotopic (exact) mass is 351 g/mol. The maximum atomic E-state index is 6.14. The van der Waals surface area contributed by atoms with E-state index in [0.29, 0.717) is 23.4 Å². The standard InChI is InChI=1S/C17H22ClN3OS/c1-4-11-23-17-20-19-16(21(17)13(5-2)6-3)12-22-15-10-8-7-9-14(15)18/h4,7-10,13H,1,5-6,11-12H2,2-3H3. The van der Waals surface area contributed by atoms with Gasteiger partial charge in [-0.25, -0.2) is 0 Å². The molecule has 0 saturated heterocycles. The zero-order chi connectivity index (χ0) is 16.7. The third-order valence-electron chi connectivity index (χ3n) is 3.57. The minimum absolute atomic E-state index is 0.349. The van der Waals surface area contributed by atoms with Crippen molar-refractivity contribution in [1.82, 2.24) is 14.8 Å². The SMILES string of the molecule is C=CCSc1nnc(COc2ccccc2Cl)n1C(CC)CC. The highest BCUT2D eigenvalue weighted by Crippen LogP contribution is 2.28. The molecule has 0 fully saturated rings. The lowest BCUT2D eigenvalue weighted by atomic mass is 10.2. The maximum Gasteiger partial charge on any atom is 0.191 e. The van der Waals surface area contributed by atoms with Gasteiger partial charge in [0.25, 0.3) is 0 Å². The second-order valence-corrected chi connectivity index (χ2v) is 6.45. The molecule has 0 atom stereocenters. The first-order valence-electron chi connectivity index (χ1n) is 7.76. The number of thioether (sulfide) groups is 1. The fraction of sp³-hybridized carbons (Fsp3) is 0.412. The van der Waals surface area contributed by atoms with Crippen LogP contribution in [0.5, 0.6) is 5.75 Å². The second-order valence-electron chi connectivity index (χ2n) is 5.06. The lowest BCUT2D eigenvalue weighted by Gasteiger charge is -2.19. The highest BCUT2D eigenvalue weighted by molar-refractivity contribution is 7.99. The molecule has 0 bridgehead atoms. The van der Waals surface area contributed by atoms with E-state index in [1.807, 2.05) is 30.3 Å². The molecule has 1 aromatic heterocycles. The summed E-state index contributed by atoms with van der Waals surface area (Å²) in [6.45, 7) is 8.47. The Morgan fingerprint density at radius 1 is 1.30 bits per heavy atom. The summed E-state index contributed by atoms with van der Waals surface area (Å²) in [5, 5.41) is 10.2. The molecule has 1 heterocycles. The van der Waals surface area contributed by atoms with Crippen LogP contribution in [-0.4, -0.2) is 20.5 Å². The van der Waals surface area contributed by atoms with Gasteiger partial charge in [0.15, 0.2) is 11.0 Å². The third-order valence-corrected chi connectivity index (χ3v) is 4.82. The lowest BCUT2D eigenvalue weighted by Crippen LogP contribution is -2.14. The number of benzene rings is 1. The van der Waals surface area contributed by atoms with Gasteiger partial charge in [0, 0.05) is 11.8 Å². The lowest BCUT2D eigenvalue weighted by molar-refractivity contribution is 0.278. The molecule has 0 radical (unpaired) electrons. The first-order chi connectivity index (χ1) is 11.2. The molecule has 0 amide bonds. The number of halogens is 1. The molecule has 23 heavy (non-hydrogen) atoms.